The molecule has 0 radical (unpaired) electrons. The summed E-state index contributed by atoms with van der Waals surface area (Å²) in [6.45, 7) is 42.1. The Morgan fingerprint density at radius 2 is 0.240 bits per heavy atom. The number of benzene rings is 18. The van der Waals surface area contributed by atoms with E-state index in [0.29, 0.717) is 34.5 Å². The fourth-order valence-corrected chi connectivity index (χ4v) is 49.9. The number of rotatable bonds is 30. The molecule has 0 amide bonds. The van der Waals surface area contributed by atoms with Crippen LogP contribution in [0.1, 0.15) is 158 Å². The first kappa shape index (κ1) is 105. The summed E-state index contributed by atoms with van der Waals surface area (Å²) in [6, 6.07) is 184. The Hall–Kier alpha value is -14.8. The van der Waals surface area contributed by atoms with E-state index in [1.54, 1.807) is 0 Å². The minimum Gasteiger partial charge on any atom is -0.534 e. The zero-order chi connectivity index (χ0) is 105. The van der Waals surface area contributed by atoms with Crippen molar-refractivity contribution in [3.63, 3.8) is 0 Å². The monoisotopic (exact) mass is 2060 g/mol. The fourth-order valence-electron chi connectivity index (χ4n) is 23.4. The van der Waals surface area contributed by atoms with Crippen LogP contribution in [-0.4, -0.2) is 49.9 Å². The first-order valence-corrected chi connectivity index (χ1v) is 64.0. The molecule has 0 aliphatic carbocycles. The smallest absolute Gasteiger partial charge is 0.319 e. The van der Waals surface area contributed by atoms with Crippen LogP contribution in [0.15, 0.2) is 510 Å². The first-order chi connectivity index (χ1) is 72.1. The van der Waals surface area contributed by atoms with Crippen molar-refractivity contribution >= 4 is 112 Å². The highest BCUT2D eigenvalue weighted by atomic mass is 28.4. The summed E-state index contributed by atoms with van der Waals surface area (Å²) >= 11 is 0. The van der Waals surface area contributed by atoms with Gasteiger partial charge in [-0.2, -0.15) is 0 Å². The molecule has 12 heteroatoms. The molecule has 150 heavy (non-hydrogen) atoms. The highest BCUT2D eigenvalue weighted by Gasteiger charge is 2.59. The first-order valence-electron chi connectivity index (χ1n) is 52.6. The van der Waals surface area contributed by atoms with Crippen molar-refractivity contribution in [1.29, 1.82) is 0 Å². The van der Waals surface area contributed by atoms with Crippen molar-refractivity contribution in [2.24, 2.45) is 0 Å². The molecule has 18 aromatic rings. The van der Waals surface area contributed by atoms with Gasteiger partial charge in [0.25, 0.3) is 0 Å². The van der Waals surface area contributed by atoms with E-state index in [2.05, 4.69) is 658 Å². The van der Waals surface area contributed by atoms with E-state index in [4.69, 9.17) is 26.6 Å². The molecule has 0 spiro atoms. The molecule has 0 atom stereocenters. The predicted octanol–water partition coefficient (Wildman–Crippen LogP) is 26.7. The van der Waals surface area contributed by atoms with Crippen LogP contribution in [0.3, 0.4) is 0 Å². The summed E-state index contributed by atoms with van der Waals surface area (Å²) in [7, 11) is -20.5. The second-order valence-corrected chi connectivity index (χ2v) is 71.1. The van der Waals surface area contributed by atoms with Crippen molar-refractivity contribution in [3.05, 3.63) is 543 Å². The van der Waals surface area contributed by atoms with Crippen LogP contribution < -0.4 is 88.8 Å². The Balaban J connectivity index is 0.992. The van der Waals surface area contributed by atoms with Gasteiger partial charge < -0.3 is 26.6 Å². The maximum Gasteiger partial charge on any atom is 0.319 e. The third-order valence-corrected chi connectivity index (χ3v) is 60.0. The molecule has 6 nitrogen and oxygen atoms in total. The Bertz CT molecular complexity index is 6340. The molecule has 0 saturated heterocycles. The SMILES string of the molecule is CC(C)(C)[Si](Oc1cccc(C(C#CC#CC(c2cccc(O[Si](c3ccccc3)(c3ccccc3)C(C)(C)C)c2)(c2cccc(O[Si](c3ccccc3)(c3ccccc3)C(C)(C)C)c2)c2cccc(O[Si](c3ccccc3)(c3ccccc3)C(C)(C)C)c2)(c2cccc(O[Si](c3ccccc3)(c3ccccc3)C(C)(C)C)c2)c2cccc(O[Si](c3ccccc3)(c3ccccc3)C(C)(C)C)c2)c1)(c1ccccc1)c1ccccc1. The zero-order valence-electron chi connectivity index (χ0n) is 89.9. The van der Waals surface area contributed by atoms with Gasteiger partial charge in [-0.05, 0) is 210 Å². The van der Waals surface area contributed by atoms with E-state index in [1.165, 1.54) is 0 Å². The lowest BCUT2D eigenvalue weighted by Gasteiger charge is -2.43. The third-order valence-electron chi connectivity index (χ3n) is 30.3. The summed E-state index contributed by atoms with van der Waals surface area (Å²) < 4.78 is 50.0. The van der Waals surface area contributed by atoms with Crippen LogP contribution in [0.5, 0.6) is 34.5 Å². The maximum absolute atomic E-state index is 8.34. The highest BCUT2D eigenvalue weighted by molar-refractivity contribution is 7.03. The average molecular weight is 2060 g/mol. The van der Waals surface area contributed by atoms with E-state index in [0.717, 1.165) is 95.6 Å². The van der Waals surface area contributed by atoms with Gasteiger partial charge in [0.05, 0.1) is 0 Å². The van der Waals surface area contributed by atoms with Crippen molar-refractivity contribution in [3.8, 4) is 58.2 Å². The lowest BCUT2D eigenvalue weighted by atomic mass is 9.69. The molecule has 0 saturated carbocycles. The van der Waals surface area contributed by atoms with Crippen LogP contribution in [0.25, 0.3) is 0 Å². The Morgan fingerprint density at radius 1 is 0.133 bits per heavy atom. The average Bonchev–Trinajstić information content (AvgIpc) is 0.697. The topological polar surface area (TPSA) is 55.4 Å². The zero-order valence-corrected chi connectivity index (χ0v) is 95.9. The molecule has 18 aromatic carbocycles. The van der Waals surface area contributed by atoms with Gasteiger partial charge in [0.1, 0.15) is 45.3 Å². The van der Waals surface area contributed by atoms with Crippen LogP contribution in [0, 0.1) is 23.7 Å². The summed E-state index contributed by atoms with van der Waals surface area (Å²) in [5.41, 5.74) is 1.87. The van der Waals surface area contributed by atoms with Gasteiger partial charge in [-0.3, -0.25) is 0 Å². The van der Waals surface area contributed by atoms with Crippen LogP contribution in [-0.2, 0) is 10.8 Å². The lowest BCUT2D eigenvalue weighted by Crippen LogP contribution is -2.68. The van der Waals surface area contributed by atoms with Gasteiger partial charge in [0.2, 0.25) is 0 Å². The molecule has 0 bridgehead atoms. The summed E-state index contributed by atoms with van der Waals surface area (Å²) in [6.07, 6.45) is 0. The van der Waals surface area contributed by atoms with Crippen LogP contribution in [0.4, 0.5) is 0 Å². The van der Waals surface area contributed by atoms with Gasteiger partial charge in [-0.1, -0.05) is 573 Å². The van der Waals surface area contributed by atoms with Crippen molar-refractivity contribution in [2.45, 2.75) is 166 Å². The van der Waals surface area contributed by atoms with Gasteiger partial charge in [-0.15, -0.1) is 0 Å². The summed E-state index contributed by atoms with van der Waals surface area (Å²) in [5.74, 6) is 20.7. The molecule has 0 aromatic heterocycles. The molecule has 0 fully saturated rings. The molecule has 0 heterocycles. The second-order valence-electron chi connectivity index (χ2n) is 45.8. The molecule has 0 unspecified atom stereocenters. The second kappa shape index (κ2) is 43.0. The quantitative estimate of drug-likeness (QED) is 0.0254. The van der Waals surface area contributed by atoms with Gasteiger partial charge in [0.15, 0.2) is 0 Å². The molecule has 0 N–H and O–H groups in total. The van der Waals surface area contributed by atoms with E-state index < -0.39 is 91.0 Å². The predicted molar refractivity (Wildman–Crippen MR) is 643 cm³/mol. The van der Waals surface area contributed by atoms with Gasteiger partial charge >= 0.3 is 49.9 Å². The largest absolute Gasteiger partial charge is 0.534 e. The van der Waals surface area contributed by atoms with Gasteiger partial charge in [0, 0.05) is 0 Å². The minimum atomic E-state index is -3.41. The standard InChI is InChI=1S/C138H138O6Si6/c1-131(2,3)145(119-75-31-19-32-76-119,120-77-33-20-34-78-120)139-113-69-57-63-107(101-113)137(108-64-58-70-114(102-108)140-146(132(4,5)6,121-79-35-21-36-80-121)122-81-37-22-38-82-122,109-65-59-71-115(103-109)141-147(133(7,8)9,123-83-39-23-40-84-123)124-85-41-24-42-86-124)99-55-56-100-138(110-66-60-72-116(104-110)142-148(134(10,11)12,125-87-43-25-44-88-125)126-89-45-26-46-90-126,111-67-61-73-117(105-111)143-149(135(13,14)15,127-91-47-27-48-92-127)128-93-49-28-50-94-128)112-68-62-74-118(106-112)144-150(136(16,17)18,129-95-51-29-52-96-129)130-97-53-30-54-98-130/h19-54,57-98,101-106H,1-18H3. The molecular formula is C138H138O6Si6. The molecule has 0 aliphatic rings. The maximum atomic E-state index is 8.34. The summed E-state index contributed by atoms with van der Waals surface area (Å²) in [5, 5.41) is 11.1. The van der Waals surface area contributed by atoms with Gasteiger partial charge in [-0.25, -0.2) is 0 Å². The lowest BCUT2D eigenvalue weighted by molar-refractivity contribution is 0.504. The van der Waals surface area contributed by atoms with E-state index in [-0.39, 0.29) is 0 Å². The Kier molecular flexibility index (Phi) is 30.1. The van der Waals surface area contributed by atoms with E-state index >= 15 is 0 Å². The van der Waals surface area contributed by atoms with E-state index in [1.807, 2.05) is 0 Å². The van der Waals surface area contributed by atoms with E-state index in [9.17, 15) is 0 Å². The number of hydrogen-bond donors (Lipinski definition) is 0. The molecule has 750 valence electrons. The molecular weight excluding hydrogens is 1920 g/mol. The van der Waals surface area contributed by atoms with Crippen LogP contribution in [0.2, 0.25) is 30.2 Å². The number of hydrogen-bond acceptors (Lipinski definition) is 6. The van der Waals surface area contributed by atoms with Crippen LogP contribution >= 0.6 is 0 Å². The fraction of sp³-hybridized carbons (Fsp3) is 0.188. The Labute approximate surface area is 898 Å². The van der Waals surface area contributed by atoms with Crippen molar-refractivity contribution < 1.29 is 26.6 Å². The molecule has 0 aliphatic heterocycles. The third kappa shape index (κ3) is 19.9. The van der Waals surface area contributed by atoms with Crippen molar-refractivity contribution in [1.82, 2.24) is 0 Å². The summed E-state index contributed by atoms with van der Waals surface area (Å²) in [4.78, 5) is 0. The molecule has 18 rings (SSSR count). The highest BCUT2D eigenvalue weighted by Crippen LogP contribution is 2.51. The van der Waals surface area contributed by atoms with Crippen molar-refractivity contribution in [2.75, 3.05) is 0 Å². The minimum absolute atomic E-state index is 0.433. The Morgan fingerprint density at radius 3 is 0.340 bits per heavy atom. The normalized spacial score (nSPS) is 12.6.